The molecule has 2 unspecified atom stereocenters. The van der Waals surface area contributed by atoms with Gasteiger partial charge in [-0.25, -0.2) is 0 Å². The van der Waals surface area contributed by atoms with E-state index in [-0.39, 0.29) is 0 Å². The summed E-state index contributed by atoms with van der Waals surface area (Å²) < 4.78 is 0. The quantitative estimate of drug-likeness (QED) is 0.206. The Labute approximate surface area is 238 Å². The van der Waals surface area contributed by atoms with Gasteiger partial charge in [-0.3, -0.25) is 4.79 Å². The van der Waals surface area contributed by atoms with Crippen molar-refractivity contribution in [2.24, 2.45) is 47.3 Å². The SMILES string of the molecule is CCCCCC1CCC(C(C(=O)C(C2CCCCC2)C2CCC(CCCCC)CC2)C2CCCCC2)CC1. The summed E-state index contributed by atoms with van der Waals surface area (Å²) in [5, 5.41) is 0. The third-order valence-corrected chi connectivity index (χ3v) is 12.2. The van der Waals surface area contributed by atoms with Crippen molar-refractivity contribution in [3.63, 3.8) is 0 Å². The second kappa shape index (κ2) is 16.8. The van der Waals surface area contributed by atoms with Gasteiger partial charge in [0.15, 0.2) is 0 Å². The lowest BCUT2D eigenvalue weighted by Crippen LogP contribution is -2.43. The van der Waals surface area contributed by atoms with Crippen molar-refractivity contribution in [3.8, 4) is 0 Å². The summed E-state index contributed by atoms with van der Waals surface area (Å²) in [7, 11) is 0. The van der Waals surface area contributed by atoms with Crippen molar-refractivity contribution in [2.75, 3.05) is 0 Å². The molecule has 0 amide bonds. The highest BCUT2D eigenvalue weighted by atomic mass is 16.1. The lowest BCUT2D eigenvalue weighted by atomic mass is 9.59. The Hall–Kier alpha value is -0.330. The van der Waals surface area contributed by atoms with Gasteiger partial charge in [-0.1, -0.05) is 129 Å². The smallest absolute Gasteiger partial charge is 0.140 e. The Balaban J connectivity index is 1.45. The van der Waals surface area contributed by atoms with Gasteiger partial charge >= 0.3 is 0 Å². The van der Waals surface area contributed by atoms with Crippen LogP contribution < -0.4 is 0 Å². The number of ketones is 1. The van der Waals surface area contributed by atoms with E-state index in [4.69, 9.17) is 0 Å². The number of Topliss-reactive ketones (excluding diaryl/α,β-unsaturated/α-hetero) is 1. The zero-order valence-corrected chi connectivity index (χ0v) is 25.9. The molecule has 1 heteroatoms. The minimum Gasteiger partial charge on any atom is -0.299 e. The van der Waals surface area contributed by atoms with Gasteiger partial charge in [0, 0.05) is 11.8 Å². The van der Waals surface area contributed by atoms with E-state index < -0.39 is 0 Å². The average molecular weight is 527 g/mol. The minimum atomic E-state index is 0.418. The Kier molecular flexibility index (Phi) is 13.6. The van der Waals surface area contributed by atoms with E-state index in [1.54, 1.807) is 0 Å². The molecule has 0 radical (unpaired) electrons. The number of hydrogen-bond acceptors (Lipinski definition) is 1. The lowest BCUT2D eigenvalue weighted by molar-refractivity contribution is -0.137. The van der Waals surface area contributed by atoms with E-state index in [1.807, 2.05) is 0 Å². The van der Waals surface area contributed by atoms with E-state index in [2.05, 4.69) is 13.8 Å². The molecule has 0 spiro atoms. The molecule has 4 rings (SSSR count). The highest BCUT2D eigenvalue weighted by molar-refractivity contribution is 5.84. The van der Waals surface area contributed by atoms with Crippen molar-refractivity contribution in [1.29, 1.82) is 0 Å². The molecule has 1 nitrogen and oxygen atoms in total. The molecule has 0 bridgehead atoms. The molecule has 0 N–H and O–H groups in total. The second-order valence-corrected chi connectivity index (χ2v) is 14.8. The first-order valence-corrected chi connectivity index (χ1v) is 18.2. The third-order valence-electron chi connectivity index (χ3n) is 12.2. The Morgan fingerprint density at radius 1 is 0.474 bits per heavy atom. The predicted octanol–water partition coefficient (Wildman–Crippen LogP) is 11.7. The maximum absolute atomic E-state index is 15.0. The largest absolute Gasteiger partial charge is 0.299 e. The van der Waals surface area contributed by atoms with Gasteiger partial charge in [-0.15, -0.1) is 0 Å². The Bertz CT molecular complexity index is 571. The zero-order valence-electron chi connectivity index (χ0n) is 25.9. The van der Waals surface area contributed by atoms with Crippen LogP contribution in [0, 0.1) is 47.3 Å². The van der Waals surface area contributed by atoms with Crippen LogP contribution >= 0.6 is 0 Å². The molecule has 0 aromatic carbocycles. The molecule has 0 aliphatic heterocycles. The standard InChI is InChI=1S/C37H66O/c1-3-5-9-15-29-21-25-33(26-22-29)35(31-17-11-7-12-18-31)37(38)36(32-19-13-8-14-20-32)34-27-23-30(24-28-34)16-10-6-4-2/h29-36H,3-28H2,1-2H3. The van der Waals surface area contributed by atoms with Crippen LogP contribution in [0.4, 0.5) is 0 Å². The van der Waals surface area contributed by atoms with Gasteiger partial charge in [-0.05, 0) is 86.9 Å². The number of unbranched alkanes of at least 4 members (excludes halogenated alkanes) is 4. The highest BCUT2D eigenvalue weighted by Gasteiger charge is 2.45. The lowest BCUT2D eigenvalue weighted by Gasteiger charge is -2.44. The summed E-state index contributed by atoms with van der Waals surface area (Å²) in [4.78, 5) is 15.0. The van der Waals surface area contributed by atoms with Gasteiger partial charge in [-0.2, -0.15) is 0 Å². The van der Waals surface area contributed by atoms with Crippen LogP contribution in [0.1, 0.15) is 181 Å². The molecule has 4 saturated carbocycles. The van der Waals surface area contributed by atoms with E-state index in [0.717, 1.165) is 29.5 Å². The fraction of sp³-hybridized carbons (Fsp3) is 0.973. The fourth-order valence-corrected chi connectivity index (χ4v) is 9.95. The molecule has 4 fully saturated rings. The van der Waals surface area contributed by atoms with Crippen LogP contribution in [0.15, 0.2) is 0 Å². The van der Waals surface area contributed by atoms with Gasteiger partial charge < -0.3 is 0 Å². The molecule has 38 heavy (non-hydrogen) atoms. The van der Waals surface area contributed by atoms with Crippen molar-refractivity contribution in [2.45, 2.75) is 181 Å². The number of carbonyl (C=O) groups is 1. The maximum Gasteiger partial charge on any atom is 0.140 e. The molecular formula is C37H66O. The number of carbonyl (C=O) groups excluding carboxylic acids is 1. The summed E-state index contributed by atoms with van der Waals surface area (Å²) in [6, 6.07) is 0. The summed E-state index contributed by atoms with van der Waals surface area (Å²) in [6.45, 7) is 4.66. The van der Waals surface area contributed by atoms with E-state index in [0.29, 0.717) is 23.7 Å². The first-order chi connectivity index (χ1) is 18.7. The van der Waals surface area contributed by atoms with Gasteiger partial charge in [0.25, 0.3) is 0 Å². The predicted molar refractivity (Wildman–Crippen MR) is 164 cm³/mol. The molecule has 0 saturated heterocycles. The molecule has 4 aliphatic carbocycles. The van der Waals surface area contributed by atoms with E-state index in [9.17, 15) is 0 Å². The van der Waals surface area contributed by atoms with Gasteiger partial charge in [0.1, 0.15) is 5.78 Å². The fourth-order valence-electron chi connectivity index (χ4n) is 9.95. The monoisotopic (exact) mass is 527 g/mol. The van der Waals surface area contributed by atoms with Crippen LogP contribution in [-0.2, 0) is 4.79 Å². The number of hydrogen-bond donors (Lipinski definition) is 0. The molecular weight excluding hydrogens is 460 g/mol. The summed E-state index contributed by atoms with van der Waals surface area (Å²) in [5.41, 5.74) is 0. The van der Waals surface area contributed by atoms with Gasteiger partial charge in [0.2, 0.25) is 0 Å². The van der Waals surface area contributed by atoms with Crippen molar-refractivity contribution >= 4 is 5.78 Å². The van der Waals surface area contributed by atoms with Crippen LogP contribution in [0.3, 0.4) is 0 Å². The first-order valence-electron chi connectivity index (χ1n) is 18.2. The van der Waals surface area contributed by atoms with Crippen molar-refractivity contribution < 1.29 is 4.79 Å². The van der Waals surface area contributed by atoms with Crippen LogP contribution in [0.5, 0.6) is 0 Å². The summed E-state index contributed by atoms with van der Waals surface area (Å²) in [5.74, 6) is 6.43. The normalized spacial score (nSPS) is 31.6. The summed E-state index contributed by atoms with van der Waals surface area (Å²) in [6.07, 6.45) is 36.2. The van der Waals surface area contributed by atoms with E-state index >= 15 is 4.79 Å². The summed E-state index contributed by atoms with van der Waals surface area (Å²) >= 11 is 0. The van der Waals surface area contributed by atoms with E-state index in [1.165, 1.54) is 167 Å². The average Bonchev–Trinajstić information content (AvgIpc) is 2.96. The second-order valence-electron chi connectivity index (χ2n) is 14.8. The molecule has 2 atom stereocenters. The molecule has 0 aromatic rings. The first kappa shape index (κ1) is 30.6. The van der Waals surface area contributed by atoms with Crippen LogP contribution in [0.25, 0.3) is 0 Å². The number of rotatable bonds is 14. The maximum atomic E-state index is 15.0. The molecule has 220 valence electrons. The van der Waals surface area contributed by atoms with Crippen LogP contribution in [-0.4, -0.2) is 5.78 Å². The van der Waals surface area contributed by atoms with Crippen molar-refractivity contribution in [3.05, 3.63) is 0 Å². The van der Waals surface area contributed by atoms with Crippen molar-refractivity contribution in [1.82, 2.24) is 0 Å². The van der Waals surface area contributed by atoms with Crippen LogP contribution in [0.2, 0.25) is 0 Å². The Morgan fingerprint density at radius 3 is 1.16 bits per heavy atom. The molecule has 4 aliphatic rings. The molecule has 0 aromatic heterocycles. The van der Waals surface area contributed by atoms with Gasteiger partial charge in [0.05, 0.1) is 0 Å². The minimum absolute atomic E-state index is 0.418. The third kappa shape index (κ3) is 8.83. The topological polar surface area (TPSA) is 17.1 Å². The zero-order chi connectivity index (χ0) is 26.6. The highest BCUT2D eigenvalue weighted by Crippen LogP contribution is 2.49. The Morgan fingerprint density at radius 2 is 0.816 bits per heavy atom. The molecule has 0 heterocycles.